The Morgan fingerprint density at radius 3 is 2.46 bits per heavy atom. The van der Waals surface area contributed by atoms with E-state index in [0.29, 0.717) is 36.9 Å². The lowest BCUT2D eigenvalue weighted by molar-refractivity contribution is 0.102. The minimum Gasteiger partial charge on any atom is -0.494 e. The number of carbonyl (C=O) groups is 1. The van der Waals surface area contributed by atoms with E-state index in [2.05, 4.69) is 5.32 Å². The van der Waals surface area contributed by atoms with Crippen LogP contribution < -0.4 is 19.5 Å². The van der Waals surface area contributed by atoms with Gasteiger partial charge in [-0.3, -0.25) is 4.79 Å². The normalized spacial score (nSPS) is 13.1. The number of hydrogen-bond acceptors (Lipinski definition) is 4. The summed E-state index contributed by atoms with van der Waals surface area (Å²) >= 11 is 0. The zero-order chi connectivity index (χ0) is 16.9. The van der Waals surface area contributed by atoms with Crippen molar-refractivity contribution in [3.63, 3.8) is 0 Å². The van der Waals surface area contributed by atoms with E-state index in [4.69, 9.17) is 14.2 Å². The lowest BCUT2D eigenvalue weighted by Crippen LogP contribution is -2.13. The number of anilines is 1. The molecule has 0 atom stereocenters. The molecule has 24 heavy (non-hydrogen) atoms. The van der Waals surface area contributed by atoms with Crippen LogP contribution in [0.2, 0.25) is 0 Å². The minimum absolute atomic E-state index is 0.174. The number of aryl methyl sites for hydroxylation is 1. The molecule has 126 valence electrons. The molecule has 0 bridgehead atoms. The van der Waals surface area contributed by atoms with E-state index in [1.165, 1.54) is 0 Å². The first-order valence-corrected chi connectivity index (χ1v) is 8.12. The molecular formula is C19H21NO4. The Morgan fingerprint density at radius 2 is 1.79 bits per heavy atom. The fourth-order valence-electron chi connectivity index (χ4n) is 2.55. The predicted molar refractivity (Wildman–Crippen MR) is 92.4 cm³/mol. The standard InChI is InChI=1S/C19H21NO4/c1-3-22-15-7-5-14(6-8-15)20-19(21)16-12-18-17(11-13(16)2)23-9-4-10-24-18/h5-8,11-12H,3-4,9-10H2,1-2H3,(H,20,21). The largest absolute Gasteiger partial charge is 0.494 e. The number of ether oxygens (including phenoxy) is 3. The summed E-state index contributed by atoms with van der Waals surface area (Å²) in [7, 11) is 0. The molecule has 0 unspecified atom stereocenters. The molecule has 0 spiro atoms. The monoisotopic (exact) mass is 327 g/mol. The van der Waals surface area contributed by atoms with Gasteiger partial charge in [0, 0.05) is 17.7 Å². The van der Waals surface area contributed by atoms with Gasteiger partial charge in [0.05, 0.1) is 19.8 Å². The van der Waals surface area contributed by atoms with Gasteiger partial charge < -0.3 is 19.5 Å². The third-order valence-corrected chi connectivity index (χ3v) is 3.76. The number of benzene rings is 2. The average molecular weight is 327 g/mol. The van der Waals surface area contributed by atoms with Gasteiger partial charge in [-0.25, -0.2) is 0 Å². The summed E-state index contributed by atoms with van der Waals surface area (Å²) in [5.74, 6) is 1.92. The number of fused-ring (bicyclic) bond motifs is 1. The number of carbonyl (C=O) groups excluding carboxylic acids is 1. The maximum Gasteiger partial charge on any atom is 0.256 e. The molecule has 0 saturated carbocycles. The molecule has 2 aromatic carbocycles. The number of nitrogens with one attached hydrogen (secondary N) is 1. The Labute approximate surface area is 141 Å². The second-order valence-corrected chi connectivity index (χ2v) is 5.58. The lowest BCUT2D eigenvalue weighted by atomic mass is 10.1. The third kappa shape index (κ3) is 3.62. The van der Waals surface area contributed by atoms with Gasteiger partial charge in [-0.05, 0) is 55.8 Å². The van der Waals surface area contributed by atoms with E-state index in [1.807, 2.05) is 44.2 Å². The molecule has 3 rings (SSSR count). The van der Waals surface area contributed by atoms with Crippen LogP contribution in [0.3, 0.4) is 0 Å². The molecule has 0 saturated heterocycles. The molecule has 1 heterocycles. The van der Waals surface area contributed by atoms with E-state index in [1.54, 1.807) is 6.07 Å². The molecular weight excluding hydrogens is 306 g/mol. The van der Waals surface area contributed by atoms with Crippen LogP contribution in [-0.2, 0) is 0 Å². The van der Waals surface area contributed by atoms with E-state index >= 15 is 0 Å². The Bertz CT molecular complexity index is 725. The summed E-state index contributed by atoms with van der Waals surface area (Å²) in [6.07, 6.45) is 0.835. The Morgan fingerprint density at radius 1 is 1.12 bits per heavy atom. The highest BCUT2D eigenvalue weighted by atomic mass is 16.5. The summed E-state index contributed by atoms with van der Waals surface area (Å²) in [4.78, 5) is 12.6. The second kappa shape index (κ2) is 7.25. The van der Waals surface area contributed by atoms with Crippen LogP contribution in [0, 0.1) is 6.92 Å². The van der Waals surface area contributed by atoms with Gasteiger partial charge in [0.25, 0.3) is 5.91 Å². The van der Waals surface area contributed by atoms with Gasteiger partial charge in [0.1, 0.15) is 5.75 Å². The molecule has 1 amide bonds. The van der Waals surface area contributed by atoms with Crippen LogP contribution in [0.1, 0.15) is 29.3 Å². The summed E-state index contributed by atoms with van der Waals surface area (Å²) in [6, 6.07) is 10.9. The highest BCUT2D eigenvalue weighted by molar-refractivity contribution is 6.05. The molecule has 0 aliphatic carbocycles. The third-order valence-electron chi connectivity index (χ3n) is 3.76. The van der Waals surface area contributed by atoms with E-state index in [9.17, 15) is 4.79 Å². The van der Waals surface area contributed by atoms with Crippen molar-refractivity contribution in [3.8, 4) is 17.2 Å². The number of amides is 1. The molecule has 1 aliphatic heterocycles. The Kier molecular flexibility index (Phi) is 4.89. The fraction of sp³-hybridized carbons (Fsp3) is 0.316. The lowest BCUT2D eigenvalue weighted by Gasteiger charge is -2.13. The molecule has 2 aromatic rings. The zero-order valence-electron chi connectivity index (χ0n) is 13.9. The summed E-state index contributed by atoms with van der Waals surface area (Å²) < 4.78 is 16.7. The topological polar surface area (TPSA) is 56.8 Å². The summed E-state index contributed by atoms with van der Waals surface area (Å²) in [6.45, 7) is 5.66. The van der Waals surface area contributed by atoms with Crippen molar-refractivity contribution in [2.45, 2.75) is 20.3 Å². The first kappa shape index (κ1) is 16.2. The van der Waals surface area contributed by atoms with Gasteiger partial charge in [0.2, 0.25) is 0 Å². The van der Waals surface area contributed by atoms with Crippen molar-refractivity contribution in [2.75, 3.05) is 25.1 Å². The Hall–Kier alpha value is -2.69. The van der Waals surface area contributed by atoms with Gasteiger partial charge in [0.15, 0.2) is 11.5 Å². The van der Waals surface area contributed by atoms with Crippen LogP contribution in [-0.4, -0.2) is 25.7 Å². The molecule has 5 nitrogen and oxygen atoms in total. The maximum atomic E-state index is 12.6. The highest BCUT2D eigenvalue weighted by Crippen LogP contribution is 2.33. The smallest absolute Gasteiger partial charge is 0.256 e. The molecule has 0 fully saturated rings. The molecule has 0 radical (unpaired) electrons. The number of hydrogen-bond donors (Lipinski definition) is 1. The Balaban J connectivity index is 1.78. The molecule has 1 N–H and O–H groups in total. The van der Waals surface area contributed by atoms with Crippen molar-refractivity contribution >= 4 is 11.6 Å². The SMILES string of the molecule is CCOc1ccc(NC(=O)c2cc3c(cc2C)OCCCO3)cc1. The van der Waals surface area contributed by atoms with Gasteiger partial charge in [-0.15, -0.1) is 0 Å². The van der Waals surface area contributed by atoms with Crippen molar-refractivity contribution < 1.29 is 19.0 Å². The van der Waals surface area contributed by atoms with Crippen LogP contribution in [0.5, 0.6) is 17.2 Å². The second-order valence-electron chi connectivity index (χ2n) is 5.58. The van der Waals surface area contributed by atoms with Crippen molar-refractivity contribution in [2.24, 2.45) is 0 Å². The fourth-order valence-corrected chi connectivity index (χ4v) is 2.55. The predicted octanol–water partition coefficient (Wildman–Crippen LogP) is 3.81. The van der Waals surface area contributed by atoms with Crippen LogP contribution in [0.15, 0.2) is 36.4 Å². The van der Waals surface area contributed by atoms with Crippen LogP contribution in [0.4, 0.5) is 5.69 Å². The van der Waals surface area contributed by atoms with Gasteiger partial charge in [-0.2, -0.15) is 0 Å². The van der Waals surface area contributed by atoms with Gasteiger partial charge >= 0.3 is 0 Å². The summed E-state index contributed by atoms with van der Waals surface area (Å²) in [5.41, 5.74) is 2.14. The molecule has 0 aromatic heterocycles. The van der Waals surface area contributed by atoms with E-state index in [0.717, 1.165) is 23.4 Å². The van der Waals surface area contributed by atoms with Crippen LogP contribution >= 0.6 is 0 Å². The van der Waals surface area contributed by atoms with E-state index in [-0.39, 0.29) is 5.91 Å². The van der Waals surface area contributed by atoms with Crippen molar-refractivity contribution in [1.29, 1.82) is 0 Å². The van der Waals surface area contributed by atoms with E-state index < -0.39 is 0 Å². The zero-order valence-corrected chi connectivity index (χ0v) is 13.9. The average Bonchev–Trinajstić information content (AvgIpc) is 2.81. The quantitative estimate of drug-likeness (QED) is 0.928. The van der Waals surface area contributed by atoms with Gasteiger partial charge in [-0.1, -0.05) is 0 Å². The molecule has 1 aliphatic rings. The minimum atomic E-state index is -0.174. The van der Waals surface area contributed by atoms with Crippen molar-refractivity contribution in [1.82, 2.24) is 0 Å². The highest BCUT2D eigenvalue weighted by Gasteiger charge is 2.17. The summed E-state index contributed by atoms with van der Waals surface area (Å²) in [5, 5.41) is 2.90. The number of rotatable bonds is 4. The van der Waals surface area contributed by atoms with Crippen molar-refractivity contribution in [3.05, 3.63) is 47.5 Å². The molecule has 5 heteroatoms. The first-order valence-electron chi connectivity index (χ1n) is 8.12. The maximum absolute atomic E-state index is 12.6. The first-order chi connectivity index (χ1) is 11.7. The van der Waals surface area contributed by atoms with Crippen LogP contribution in [0.25, 0.3) is 0 Å².